The topological polar surface area (TPSA) is 0 Å². The summed E-state index contributed by atoms with van der Waals surface area (Å²) in [5, 5.41) is 4.62. The Labute approximate surface area is 159 Å². The maximum atomic E-state index is 2.54. The van der Waals surface area contributed by atoms with Gasteiger partial charge in [-0.1, -0.05) is 0 Å². The number of hydrogen-bond acceptors (Lipinski definition) is 0. The minimum atomic E-state index is -2.11. The monoisotopic (exact) mass is 362 g/mol. The molecule has 0 aliphatic rings. The second kappa shape index (κ2) is 7.01. The molecule has 136 valence electrons. The third-order valence-corrected chi connectivity index (χ3v) is 11.3. The van der Waals surface area contributed by atoms with Crippen LogP contribution in [0.5, 0.6) is 0 Å². The van der Waals surface area contributed by atoms with E-state index in [1.54, 1.807) is 15.9 Å². The fourth-order valence-corrected chi connectivity index (χ4v) is 9.31. The van der Waals surface area contributed by atoms with E-state index in [9.17, 15) is 0 Å². The van der Waals surface area contributed by atoms with Gasteiger partial charge in [-0.15, -0.1) is 0 Å². The number of aryl methyl sites for hydroxylation is 3. The van der Waals surface area contributed by atoms with E-state index in [2.05, 4.69) is 103 Å². The van der Waals surface area contributed by atoms with Gasteiger partial charge in [0.2, 0.25) is 0 Å². The first-order valence-electron chi connectivity index (χ1n) is 9.48. The van der Waals surface area contributed by atoms with Crippen molar-refractivity contribution >= 4 is 23.2 Å². The molecule has 0 aliphatic heterocycles. The van der Waals surface area contributed by atoms with E-state index in [0.717, 1.165) is 0 Å². The van der Waals surface area contributed by atoms with Gasteiger partial charge >= 0.3 is 159 Å². The fourth-order valence-electron chi connectivity index (χ4n) is 4.31. The summed E-state index contributed by atoms with van der Waals surface area (Å²) < 4.78 is 0. The van der Waals surface area contributed by atoms with Crippen LogP contribution in [0.4, 0.5) is 0 Å². The minimum absolute atomic E-state index is 1.39. The van der Waals surface area contributed by atoms with Gasteiger partial charge < -0.3 is 0 Å². The van der Waals surface area contributed by atoms with E-state index in [1.807, 2.05) is 0 Å². The standard InChI is InChI=1S/C25H31P/c1-17-11-8-14-23(20(17)4)26(7,24-15-9-12-18(2)21(24)5)25-16-10-13-19(3)22(25)6/h8-16,26H,1-7H3. The third-order valence-electron chi connectivity index (χ3n) is 6.43. The van der Waals surface area contributed by atoms with Gasteiger partial charge in [-0.25, -0.2) is 0 Å². The molecular weight excluding hydrogens is 331 g/mol. The first-order chi connectivity index (χ1) is 12.3. The van der Waals surface area contributed by atoms with Crippen molar-refractivity contribution < 1.29 is 0 Å². The zero-order valence-corrected chi connectivity index (χ0v) is 18.2. The second-order valence-electron chi connectivity index (χ2n) is 7.87. The first kappa shape index (κ1) is 18.9. The molecule has 0 nitrogen and oxygen atoms in total. The van der Waals surface area contributed by atoms with Crippen LogP contribution in [0.15, 0.2) is 54.6 Å². The van der Waals surface area contributed by atoms with Gasteiger partial charge in [0.25, 0.3) is 0 Å². The molecule has 26 heavy (non-hydrogen) atoms. The summed E-state index contributed by atoms with van der Waals surface area (Å²) >= 11 is 0. The van der Waals surface area contributed by atoms with Crippen molar-refractivity contribution in [3.8, 4) is 0 Å². The quantitative estimate of drug-likeness (QED) is 0.562. The van der Waals surface area contributed by atoms with Crippen LogP contribution in [0, 0.1) is 41.5 Å². The molecular formula is C25H31P. The van der Waals surface area contributed by atoms with Crippen molar-refractivity contribution in [2.45, 2.75) is 41.5 Å². The molecule has 0 aliphatic carbocycles. The molecule has 0 saturated carbocycles. The predicted molar refractivity (Wildman–Crippen MR) is 121 cm³/mol. The molecule has 0 N–H and O–H groups in total. The van der Waals surface area contributed by atoms with E-state index in [0.29, 0.717) is 0 Å². The number of hydrogen-bond donors (Lipinski definition) is 0. The van der Waals surface area contributed by atoms with Crippen LogP contribution < -0.4 is 15.9 Å². The molecule has 0 saturated heterocycles. The SMILES string of the molecule is Cc1cccc([PH](C)(c2cccc(C)c2C)c2cccc(C)c2C)c1C. The Balaban J connectivity index is 2.46. The van der Waals surface area contributed by atoms with Crippen LogP contribution in [0.25, 0.3) is 0 Å². The Morgan fingerprint density at radius 2 is 0.731 bits per heavy atom. The van der Waals surface area contributed by atoms with Crippen molar-refractivity contribution in [1.29, 1.82) is 0 Å². The molecule has 0 spiro atoms. The van der Waals surface area contributed by atoms with Crippen molar-refractivity contribution in [2.75, 3.05) is 6.66 Å². The molecule has 0 heterocycles. The van der Waals surface area contributed by atoms with Gasteiger partial charge in [0.15, 0.2) is 0 Å². The molecule has 0 amide bonds. The molecule has 0 aromatic heterocycles. The fraction of sp³-hybridized carbons (Fsp3) is 0.280. The van der Waals surface area contributed by atoms with E-state index in [4.69, 9.17) is 0 Å². The number of rotatable bonds is 3. The Morgan fingerprint density at radius 3 is 1.00 bits per heavy atom. The molecule has 0 fully saturated rings. The average molecular weight is 362 g/mol. The van der Waals surface area contributed by atoms with Crippen molar-refractivity contribution in [3.63, 3.8) is 0 Å². The normalized spacial score (nSPS) is 12.3. The Bertz CT molecular complexity index is 841. The van der Waals surface area contributed by atoms with Crippen molar-refractivity contribution in [1.82, 2.24) is 0 Å². The molecule has 3 rings (SSSR count). The molecule has 0 radical (unpaired) electrons. The summed E-state index contributed by atoms with van der Waals surface area (Å²) in [7, 11) is -2.11. The summed E-state index contributed by atoms with van der Waals surface area (Å²) in [5.74, 6) is 0. The molecule has 3 aromatic carbocycles. The molecule has 0 bridgehead atoms. The predicted octanol–water partition coefficient (Wildman–Crippen LogP) is 5.19. The van der Waals surface area contributed by atoms with Gasteiger partial charge in [-0.3, -0.25) is 0 Å². The van der Waals surface area contributed by atoms with E-state index >= 15 is 0 Å². The Hall–Kier alpha value is -1.91. The zero-order chi connectivity index (χ0) is 19.1. The van der Waals surface area contributed by atoms with Crippen LogP contribution in [-0.2, 0) is 0 Å². The van der Waals surface area contributed by atoms with Gasteiger partial charge in [0.1, 0.15) is 0 Å². The molecule has 0 unspecified atom stereocenters. The third kappa shape index (κ3) is 2.91. The number of benzene rings is 3. The molecule has 3 aromatic rings. The van der Waals surface area contributed by atoms with Crippen molar-refractivity contribution in [2.24, 2.45) is 0 Å². The van der Waals surface area contributed by atoms with Gasteiger partial charge in [0.05, 0.1) is 0 Å². The summed E-state index contributed by atoms with van der Waals surface area (Å²) in [6.07, 6.45) is 0. The Morgan fingerprint density at radius 1 is 0.462 bits per heavy atom. The van der Waals surface area contributed by atoms with Gasteiger partial charge in [-0.05, 0) is 0 Å². The van der Waals surface area contributed by atoms with Gasteiger partial charge in [-0.2, -0.15) is 0 Å². The van der Waals surface area contributed by atoms with Crippen LogP contribution in [0.1, 0.15) is 33.4 Å². The van der Waals surface area contributed by atoms with E-state index in [-0.39, 0.29) is 0 Å². The van der Waals surface area contributed by atoms with Crippen LogP contribution >= 0.6 is 7.26 Å². The van der Waals surface area contributed by atoms with Crippen LogP contribution in [0.3, 0.4) is 0 Å². The first-order valence-corrected chi connectivity index (χ1v) is 12.0. The molecule has 0 atom stereocenters. The maximum absolute atomic E-state index is 2.54. The zero-order valence-electron chi connectivity index (χ0n) is 17.2. The van der Waals surface area contributed by atoms with Gasteiger partial charge in [0, 0.05) is 0 Å². The summed E-state index contributed by atoms with van der Waals surface area (Å²) in [6, 6.07) is 20.5. The van der Waals surface area contributed by atoms with Crippen LogP contribution in [-0.4, -0.2) is 6.66 Å². The summed E-state index contributed by atoms with van der Waals surface area (Å²) in [4.78, 5) is 0. The van der Waals surface area contributed by atoms with E-state index < -0.39 is 7.26 Å². The second-order valence-corrected chi connectivity index (χ2v) is 11.7. The van der Waals surface area contributed by atoms with Crippen molar-refractivity contribution in [3.05, 3.63) is 88.0 Å². The van der Waals surface area contributed by atoms with Crippen LogP contribution in [0.2, 0.25) is 0 Å². The molecule has 1 heteroatoms. The average Bonchev–Trinajstić information content (AvgIpc) is 2.61. The summed E-state index contributed by atoms with van der Waals surface area (Å²) in [6.45, 7) is 16.1. The Kier molecular flexibility index (Phi) is 5.09. The van der Waals surface area contributed by atoms with E-state index in [1.165, 1.54) is 33.4 Å². The summed E-state index contributed by atoms with van der Waals surface area (Å²) in [5.41, 5.74) is 8.50.